The molecule has 3 nitrogen and oxygen atoms in total. The zero-order chi connectivity index (χ0) is 13.0. The summed E-state index contributed by atoms with van der Waals surface area (Å²) < 4.78 is 0. The van der Waals surface area contributed by atoms with E-state index in [2.05, 4.69) is 28.9 Å². The van der Waals surface area contributed by atoms with Gasteiger partial charge < -0.3 is 10.6 Å². The predicted octanol–water partition coefficient (Wildman–Crippen LogP) is 3.16. The Morgan fingerprint density at radius 2 is 2.05 bits per heavy atom. The van der Waals surface area contributed by atoms with Gasteiger partial charge in [0.05, 0.1) is 0 Å². The summed E-state index contributed by atoms with van der Waals surface area (Å²) in [6.45, 7) is 6.45. The predicted molar refractivity (Wildman–Crippen MR) is 84.0 cm³/mol. The number of nitrogens with two attached hydrogens (primary N) is 1. The minimum absolute atomic E-state index is 0. The first kappa shape index (κ1) is 16.3. The van der Waals surface area contributed by atoms with Crippen LogP contribution in [0.25, 0.3) is 0 Å². The molecular weight excluding hydrogens is 258 g/mol. The van der Waals surface area contributed by atoms with E-state index in [0.717, 1.165) is 31.0 Å². The van der Waals surface area contributed by atoms with Crippen LogP contribution in [0.3, 0.4) is 0 Å². The quantitative estimate of drug-likeness (QED) is 0.923. The Balaban J connectivity index is 0.00000180. The normalized spacial score (nSPS) is 17.9. The molecule has 0 spiro atoms. The van der Waals surface area contributed by atoms with E-state index >= 15 is 0 Å². The van der Waals surface area contributed by atoms with E-state index < -0.39 is 0 Å². The van der Waals surface area contributed by atoms with E-state index in [4.69, 9.17) is 5.73 Å². The smallest absolute Gasteiger partial charge is 0.128 e. The van der Waals surface area contributed by atoms with Gasteiger partial charge >= 0.3 is 0 Å². The number of nitrogens with zero attached hydrogens (tertiary/aromatic N) is 2. The van der Waals surface area contributed by atoms with Crippen LogP contribution in [-0.2, 0) is 0 Å². The Bertz CT molecular complexity index is 375. The van der Waals surface area contributed by atoms with Crippen molar-refractivity contribution in [3.8, 4) is 0 Å². The van der Waals surface area contributed by atoms with Crippen molar-refractivity contribution in [3.63, 3.8) is 0 Å². The van der Waals surface area contributed by atoms with Crippen molar-refractivity contribution in [1.29, 1.82) is 0 Å². The second-order valence-electron chi connectivity index (χ2n) is 5.41. The van der Waals surface area contributed by atoms with Crippen molar-refractivity contribution in [2.45, 2.75) is 45.6 Å². The molecule has 19 heavy (non-hydrogen) atoms. The maximum absolute atomic E-state index is 6.23. The van der Waals surface area contributed by atoms with Gasteiger partial charge in [0.25, 0.3) is 0 Å². The highest BCUT2D eigenvalue weighted by Gasteiger charge is 2.24. The van der Waals surface area contributed by atoms with Gasteiger partial charge in [-0.15, -0.1) is 12.4 Å². The number of piperidine rings is 1. The van der Waals surface area contributed by atoms with Crippen LogP contribution < -0.4 is 10.6 Å². The number of anilines is 1. The van der Waals surface area contributed by atoms with Gasteiger partial charge in [-0.3, -0.25) is 0 Å². The van der Waals surface area contributed by atoms with Crippen molar-refractivity contribution >= 4 is 18.2 Å². The molecule has 1 aliphatic rings. The van der Waals surface area contributed by atoms with E-state index in [-0.39, 0.29) is 12.4 Å². The monoisotopic (exact) mass is 283 g/mol. The van der Waals surface area contributed by atoms with Crippen LogP contribution in [0.15, 0.2) is 18.2 Å². The number of aryl methyl sites for hydroxylation is 1. The molecule has 1 fully saturated rings. The molecule has 4 heteroatoms. The lowest BCUT2D eigenvalue weighted by atomic mass is 9.87. The summed E-state index contributed by atoms with van der Waals surface area (Å²) in [6, 6.07) is 6.64. The van der Waals surface area contributed by atoms with Gasteiger partial charge in [-0.1, -0.05) is 19.4 Å². The first-order valence-electron chi connectivity index (χ1n) is 7.15. The molecule has 1 atom stereocenters. The number of hydrogen-bond donors (Lipinski definition) is 1. The third-order valence-corrected chi connectivity index (χ3v) is 3.96. The van der Waals surface area contributed by atoms with E-state index in [1.54, 1.807) is 0 Å². The summed E-state index contributed by atoms with van der Waals surface area (Å²) in [6.07, 6.45) is 4.77. The van der Waals surface area contributed by atoms with Crippen LogP contribution in [0.2, 0.25) is 0 Å². The lowest BCUT2D eigenvalue weighted by Crippen LogP contribution is -2.41. The minimum atomic E-state index is 0. The first-order chi connectivity index (χ1) is 8.70. The molecule has 1 saturated heterocycles. The van der Waals surface area contributed by atoms with Crippen molar-refractivity contribution in [3.05, 3.63) is 23.9 Å². The van der Waals surface area contributed by atoms with Crippen LogP contribution in [-0.4, -0.2) is 24.1 Å². The maximum atomic E-state index is 6.23. The van der Waals surface area contributed by atoms with Crippen LogP contribution in [0.4, 0.5) is 5.82 Å². The molecule has 2 N–H and O–H groups in total. The average Bonchev–Trinajstić information content (AvgIpc) is 2.39. The number of rotatable bonds is 4. The van der Waals surface area contributed by atoms with Gasteiger partial charge in [-0.05, 0) is 44.2 Å². The number of hydrogen-bond acceptors (Lipinski definition) is 3. The molecule has 0 amide bonds. The molecule has 1 aliphatic heterocycles. The SMILES string of the molecule is CCCC(N)C1CCN(c2cccc(C)n2)CC1.Cl. The highest BCUT2D eigenvalue weighted by molar-refractivity contribution is 5.85. The molecule has 108 valence electrons. The third kappa shape index (κ3) is 4.36. The third-order valence-electron chi connectivity index (χ3n) is 3.96. The Morgan fingerprint density at radius 3 is 2.63 bits per heavy atom. The first-order valence-corrected chi connectivity index (χ1v) is 7.15. The fourth-order valence-corrected chi connectivity index (χ4v) is 2.83. The highest BCUT2D eigenvalue weighted by atomic mass is 35.5. The largest absolute Gasteiger partial charge is 0.357 e. The number of aromatic nitrogens is 1. The van der Waals surface area contributed by atoms with E-state index in [0.29, 0.717) is 12.0 Å². The Labute approximate surface area is 123 Å². The van der Waals surface area contributed by atoms with Crippen LogP contribution in [0, 0.1) is 12.8 Å². The summed E-state index contributed by atoms with van der Waals surface area (Å²) in [4.78, 5) is 6.99. The molecule has 2 rings (SSSR count). The van der Waals surface area contributed by atoms with Crippen LogP contribution >= 0.6 is 12.4 Å². The lowest BCUT2D eigenvalue weighted by molar-refractivity contribution is 0.325. The van der Waals surface area contributed by atoms with Crippen molar-refractivity contribution < 1.29 is 0 Å². The molecule has 1 unspecified atom stereocenters. The van der Waals surface area contributed by atoms with E-state index in [1.165, 1.54) is 19.3 Å². The second kappa shape index (κ2) is 7.71. The topological polar surface area (TPSA) is 42.1 Å². The summed E-state index contributed by atoms with van der Waals surface area (Å²) in [5, 5.41) is 0. The molecular formula is C15H26ClN3. The molecule has 1 aromatic rings. The fraction of sp³-hybridized carbons (Fsp3) is 0.667. The molecule has 0 saturated carbocycles. The van der Waals surface area contributed by atoms with Crippen LogP contribution in [0.5, 0.6) is 0 Å². The van der Waals surface area contributed by atoms with Gasteiger partial charge in [0, 0.05) is 24.8 Å². The van der Waals surface area contributed by atoms with Gasteiger partial charge in [0.2, 0.25) is 0 Å². The Kier molecular flexibility index (Phi) is 6.59. The zero-order valence-electron chi connectivity index (χ0n) is 12.0. The van der Waals surface area contributed by atoms with Crippen molar-refractivity contribution in [2.75, 3.05) is 18.0 Å². The Hall–Kier alpha value is -0.800. The molecule has 0 aromatic carbocycles. The van der Waals surface area contributed by atoms with Crippen molar-refractivity contribution in [2.24, 2.45) is 11.7 Å². The molecule has 2 heterocycles. The maximum Gasteiger partial charge on any atom is 0.128 e. The Morgan fingerprint density at radius 1 is 1.37 bits per heavy atom. The average molecular weight is 284 g/mol. The summed E-state index contributed by atoms with van der Waals surface area (Å²) in [5.74, 6) is 1.82. The van der Waals surface area contributed by atoms with Gasteiger partial charge in [-0.25, -0.2) is 4.98 Å². The van der Waals surface area contributed by atoms with E-state index in [1.807, 2.05) is 13.0 Å². The standard InChI is InChI=1S/C15H25N3.ClH/c1-3-5-14(16)13-8-10-18(11-9-13)15-7-4-6-12(2)17-15;/h4,6-7,13-14H,3,5,8-11,16H2,1-2H3;1H. The fourth-order valence-electron chi connectivity index (χ4n) is 2.83. The summed E-state index contributed by atoms with van der Waals surface area (Å²) in [5.41, 5.74) is 7.33. The lowest BCUT2D eigenvalue weighted by Gasteiger charge is -2.35. The minimum Gasteiger partial charge on any atom is -0.357 e. The zero-order valence-corrected chi connectivity index (χ0v) is 12.8. The summed E-state index contributed by atoms with van der Waals surface area (Å²) >= 11 is 0. The van der Waals surface area contributed by atoms with Gasteiger partial charge in [-0.2, -0.15) is 0 Å². The van der Waals surface area contributed by atoms with Crippen LogP contribution in [0.1, 0.15) is 38.3 Å². The highest BCUT2D eigenvalue weighted by Crippen LogP contribution is 2.25. The van der Waals surface area contributed by atoms with Gasteiger partial charge in [0.1, 0.15) is 5.82 Å². The summed E-state index contributed by atoms with van der Waals surface area (Å²) in [7, 11) is 0. The number of halogens is 1. The van der Waals surface area contributed by atoms with Crippen molar-refractivity contribution in [1.82, 2.24) is 4.98 Å². The molecule has 0 aliphatic carbocycles. The van der Waals surface area contributed by atoms with E-state index in [9.17, 15) is 0 Å². The number of pyridine rings is 1. The molecule has 0 bridgehead atoms. The second-order valence-corrected chi connectivity index (χ2v) is 5.41. The molecule has 0 radical (unpaired) electrons. The van der Waals surface area contributed by atoms with Gasteiger partial charge in [0.15, 0.2) is 0 Å². The molecule has 1 aromatic heterocycles.